The Labute approximate surface area is 315 Å². The normalized spacial score (nSPS) is 36.9. The van der Waals surface area contributed by atoms with E-state index in [-0.39, 0.29) is 57.7 Å². The second-order valence-corrected chi connectivity index (χ2v) is 19.7. The van der Waals surface area contributed by atoms with Crippen molar-refractivity contribution in [3.05, 3.63) is 46.7 Å². The van der Waals surface area contributed by atoms with Crippen LogP contribution < -0.4 is 5.32 Å². The van der Waals surface area contributed by atoms with Gasteiger partial charge in [0.2, 0.25) is 5.91 Å². The van der Waals surface area contributed by atoms with E-state index in [9.17, 15) is 24.3 Å². The van der Waals surface area contributed by atoms with Crippen LogP contribution in [0.2, 0.25) is 5.02 Å². The maximum atomic E-state index is 13.9. The summed E-state index contributed by atoms with van der Waals surface area (Å²) in [5.74, 6) is 0.149. The highest BCUT2D eigenvalue weighted by molar-refractivity contribution is 6.30. The zero-order valence-corrected chi connectivity index (χ0v) is 33.4. The second kappa shape index (κ2) is 13.1. The molecule has 2 N–H and O–H groups in total. The van der Waals surface area contributed by atoms with Crippen LogP contribution in [0.25, 0.3) is 0 Å². The Morgan fingerprint density at radius 1 is 1.00 bits per heavy atom. The number of anilines is 1. The number of fused-ring (bicyclic) bond motifs is 7. The number of Topliss-reactive ketones (excluding diaryl/α,β-unsaturated/α-hetero) is 1. The maximum Gasteiger partial charge on any atom is 0.309 e. The Morgan fingerprint density at radius 2 is 1.71 bits per heavy atom. The van der Waals surface area contributed by atoms with Gasteiger partial charge < -0.3 is 15.2 Å². The average molecular weight is 735 g/mol. The average Bonchev–Trinajstić information content (AvgIpc) is 3.35. The predicted octanol–water partition coefficient (Wildman–Crippen LogP) is 9.62. The molecule has 0 bridgehead atoms. The molecule has 1 heterocycles. The number of pyridine rings is 1. The van der Waals surface area contributed by atoms with Crippen molar-refractivity contribution in [2.75, 3.05) is 5.32 Å². The fraction of sp³-hybridized carbons (Fsp3) is 0.698. The first-order chi connectivity index (χ1) is 24.1. The number of hydrogen-bond donors (Lipinski definition) is 2. The number of carboxylic acids is 1. The van der Waals surface area contributed by atoms with Crippen LogP contribution in [0, 0.1) is 56.2 Å². The van der Waals surface area contributed by atoms with Crippen molar-refractivity contribution in [1.82, 2.24) is 4.98 Å². The number of ether oxygens (including phenoxy) is 1. The number of aliphatic carboxylic acids is 1. The molecule has 0 radical (unpaired) electrons. The highest BCUT2D eigenvalue weighted by Crippen LogP contribution is 2.77. The summed E-state index contributed by atoms with van der Waals surface area (Å²) in [7, 11) is 0. The first kappa shape index (κ1) is 38.7. The lowest BCUT2D eigenvalue weighted by atomic mass is 9.33. The molecule has 0 saturated heterocycles. The van der Waals surface area contributed by atoms with Crippen LogP contribution in [-0.4, -0.2) is 39.8 Å². The Morgan fingerprint density at radius 3 is 2.35 bits per heavy atom. The number of carbonyl (C=O) groups excluding carboxylic acids is 3. The van der Waals surface area contributed by atoms with E-state index in [0.717, 1.165) is 56.9 Å². The van der Waals surface area contributed by atoms with Gasteiger partial charge in [-0.2, -0.15) is 0 Å². The quantitative estimate of drug-likeness (QED) is 0.201. The van der Waals surface area contributed by atoms with Crippen molar-refractivity contribution in [1.29, 1.82) is 0 Å². The zero-order valence-electron chi connectivity index (χ0n) is 32.7. The Bertz CT molecular complexity index is 1710. The van der Waals surface area contributed by atoms with Crippen molar-refractivity contribution in [2.45, 2.75) is 133 Å². The zero-order chi connectivity index (χ0) is 38.2. The van der Waals surface area contributed by atoms with E-state index in [0.29, 0.717) is 29.1 Å². The van der Waals surface area contributed by atoms with E-state index < -0.39 is 22.8 Å². The monoisotopic (exact) mass is 734 g/mol. The number of carbonyl (C=O) groups is 4. The summed E-state index contributed by atoms with van der Waals surface area (Å²) in [6.45, 7) is 19.5. The summed E-state index contributed by atoms with van der Waals surface area (Å²) in [5.41, 5.74) is 0.460. The summed E-state index contributed by atoms with van der Waals surface area (Å²) in [5, 5.41) is 13.0. The van der Waals surface area contributed by atoms with Crippen molar-refractivity contribution >= 4 is 41.0 Å². The van der Waals surface area contributed by atoms with Crippen LogP contribution in [0.1, 0.15) is 127 Å². The lowest BCUT2D eigenvalue weighted by Gasteiger charge is -2.72. The molecular weight excluding hydrogens is 676 g/mol. The topological polar surface area (TPSA) is 123 Å². The number of amides is 1. The Hall–Kier alpha value is -3.00. The van der Waals surface area contributed by atoms with Gasteiger partial charge in [0.05, 0.1) is 16.9 Å². The van der Waals surface area contributed by atoms with Crippen molar-refractivity contribution in [2.24, 2.45) is 56.2 Å². The number of ketones is 1. The molecule has 8 nitrogen and oxygen atoms in total. The molecule has 1 aromatic rings. The van der Waals surface area contributed by atoms with E-state index in [4.69, 9.17) is 16.3 Å². The third-order valence-corrected chi connectivity index (χ3v) is 15.6. The van der Waals surface area contributed by atoms with Crippen molar-refractivity contribution in [3.8, 4) is 0 Å². The number of aromatic nitrogens is 1. The van der Waals surface area contributed by atoms with Crippen molar-refractivity contribution in [3.63, 3.8) is 0 Å². The van der Waals surface area contributed by atoms with E-state index >= 15 is 0 Å². The highest BCUT2D eigenvalue weighted by atomic mass is 35.5. The Kier molecular flexibility index (Phi) is 9.75. The standard InChI is InChI=1S/C43H59ClN2O6/c1-25(2)35-28(47)22-43(19-16-33(48)46-32-13-10-26(44)24-45-32)21-20-41(8)27(36(35)43)11-12-30-40(7)17-15-31(52-34(49)23-38(3,4)37(50)51)39(5,6)29(40)14-18-42(30,41)9/h10,13,16,19,24-25,27,29-31H,11-12,14-15,17-18,20-23H2,1-9H3,(H,50,51)(H,45,46,48). The molecule has 4 fully saturated rings. The number of rotatable bonds is 8. The van der Waals surface area contributed by atoms with E-state index in [1.165, 1.54) is 11.8 Å². The molecular formula is C43H59ClN2O6. The number of carboxylic acid groups (broad SMARTS) is 1. The summed E-state index contributed by atoms with van der Waals surface area (Å²) in [6, 6.07) is 3.37. The van der Waals surface area contributed by atoms with Crippen LogP contribution in [0.5, 0.6) is 0 Å². The molecule has 6 rings (SSSR count). The number of halogens is 1. The maximum absolute atomic E-state index is 13.9. The van der Waals surface area contributed by atoms with Crippen LogP contribution in [0.15, 0.2) is 41.6 Å². The molecule has 8 atom stereocenters. The number of allylic oxidation sites excluding steroid dienone is 3. The molecule has 0 spiro atoms. The van der Waals surface area contributed by atoms with Gasteiger partial charge in [-0.05, 0) is 128 Å². The van der Waals surface area contributed by atoms with E-state index in [2.05, 4.69) is 58.8 Å². The minimum absolute atomic E-state index is 0.0211. The second-order valence-electron chi connectivity index (χ2n) is 19.2. The van der Waals surface area contributed by atoms with Gasteiger partial charge >= 0.3 is 11.9 Å². The summed E-state index contributed by atoms with van der Waals surface area (Å²) in [6.07, 6.45) is 12.9. The molecule has 9 heteroatoms. The molecule has 1 aromatic heterocycles. The fourth-order valence-electron chi connectivity index (χ4n) is 12.5. The van der Waals surface area contributed by atoms with E-state index in [1.54, 1.807) is 32.1 Å². The predicted molar refractivity (Wildman–Crippen MR) is 202 cm³/mol. The van der Waals surface area contributed by atoms with Gasteiger partial charge in [-0.3, -0.25) is 19.2 Å². The molecule has 4 saturated carbocycles. The minimum atomic E-state index is -1.17. The van der Waals surface area contributed by atoms with Gasteiger partial charge in [-0.1, -0.05) is 66.1 Å². The molecule has 1 amide bonds. The largest absolute Gasteiger partial charge is 0.481 e. The molecule has 284 valence electrons. The first-order valence-corrected chi connectivity index (χ1v) is 19.8. The van der Waals surface area contributed by atoms with Gasteiger partial charge in [0, 0.05) is 29.5 Å². The van der Waals surface area contributed by atoms with Gasteiger partial charge in [0.1, 0.15) is 11.9 Å². The van der Waals surface area contributed by atoms with Crippen LogP contribution in [-0.2, 0) is 23.9 Å². The number of nitrogens with zero attached hydrogens (tertiary/aromatic N) is 1. The molecule has 5 aliphatic carbocycles. The molecule has 8 unspecified atom stereocenters. The lowest BCUT2D eigenvalue weighted by molar-refractivity contribution is -0.232. The third-order valence-electron chi connectivity index (χ3n) is 15.4. The summed E-state index contributed by atoms with van der Waals surface area (Å²) >= 11 is 5.99. The van der Waals surface area contributed by atoms with Crippen molar-refractivity contribution < 1.29 is 29.0 Å². The van der Waals surface area contributed by atoms with Gasteiger partial charge in [-0.15, -0.1) is 0 Å². The van der Waals surface area contributed by atoms with Crippen LogP contribution in [0.4, 0.5) is 5.82 Å². The van der Waals surface area contributed by atoms with Gasteiger partial charge in [0.15, 0.2) is 5.78 Å². The van der Waals surface area contributed by atoms with Gasteiger partial charge in [0.25, 0.3) is 0 Å². The number of esters is 1. The fourth-order valence-corrected chi connectivity index (χ4v) is 12.6. The smallest absolute Gasteiger partial charge is 0.309 e. The lowest BCUT2D eigenvalue weighted by Crippen LogP contribution is -2.65. The van der Waals surface area contributed by atoms with Crippen LogP contribution in [0.3, 0.4) is 0 Å². The number of nitrogens with one attached hydrogen (secondary N) is 1. The highest BCUT2D eigenvalue weighted by Gasteiger charge is 2.70. The van der Waals surface area contributed by atoms with E-state index in [1.807, 2.05) is 6.08 Å². The van der Waals surface area contributed by atoms with Crippen LogP contribution >= 0.6 is 11.6 Å². The summed E-state index contributed by atoms with van der Waals surface area (Å²) in [4.78, 5) is 56.1. The summed E-state index contributed by atoms with van der Waals surface area (Å²) < 4.78 is 6.15. The first-order valence-electron chi connectivity index (χ1n) is 19.4. The number of hydrogen-bond acceptors (Lipinski definition) is 6. The molecule has 0 aliphatic heterocycles. The third kappa shape index (κ3) is 6.07. The molecule has 0 aromatic carbocycles. The molecule has 5 aliphatic rings. The van der Waals surface area contributed by atoms with Gasteiger partial charge in [-0.25, -0.2) is 4.98 Å². The Balaban J connectivity index is 1.28. The minimum Gasteiger partial charge on any atom is -0.481 e. The molecule has 52 heavy (non-hydrogen) atoms. The SMILES string of the molecule is CC(C)C1=C2C3CCC4C5(C)CCC(OC(=O)CC(C)(C)C(=O)O)C(C)(C)C5CCC4(C)C3(C)CCC2(C=CC(=O)Nc2ccc(Cl)cn2)CC1=O.